The van der Waals surface area contributed by atoms with E-state index >= 15 is 0 Å². The average Bonchev–Trinajstić information content (AvgIpc) is 2.40. The second-order valence-corrected chi connectivity index (χ2v) is 5.84. The molecule has 0 saturated carbocycles. The first-order valence-corrected chi connectivity index (χ1v) is 7.30. The zero-order valence-corrected chi connectivity index (χ0v) is 11.6. The lowest BCUT2D eigenvalue weighted by molar-refractivity contribution is 0.286. The number of ether oxygens (including phenoxy) is 1. The van der Waals surface area contributed by atoms with Gasteiger partial charge in [-0.2, -0.15) is 0 Å². The van der Waals surface area contributed by atoms with E-state index in [1.54, 1.807) is 0 Å². The van der Waals surface area contributed by atoms with Gasteiger partial charge in [-0.1, -0.05) is 6.07 Å². The van der Waals surface area contributed by atoms with Gasteiger partial charge in [0, 0.05) is 6.54 Å². The molecule has 3 heteroatoms. The Balaban J connectivity index is 1.92. The van der Waals surface area contributed by atoms with E-state index in [0.29, 0.717) is 5.92 Å². The lowest BCUT2D eigenvalue weighted by Gasteiger charge is -2.26. The summed E-state index contributed by atoms with van der Waals surface area (Å²) in [6, 6.07) is 4.61. The maximum absolute atomic E-state index is 5.73. The summed E-state index contributed by atoms with van der Waals surface area (Å²) >= 11 is 3.65. The third-order valence-corrected chi connectivity index (χ3v) is 4.34. The van der Waals surface area contributed by atoms with E-state index in [-0.39, 0.29) is 0 Å². The van der Waals surface area contributed by atoms with Crippen molar-refractivity contribution < 1.29 is 4.74 Å². The number of benzene rings is 1. The molecule has 2 heterocycles. The first kappa shape index (κ1) is 11.5. The maximum atomic E-state index is 5.73. The van der Waals surface area contributed by atoms with Crippen molar-refractivity contribution in [1.82, 2.24) is 5.32 Å². The Morgan fingerprint density at radius 1 is 1.29 bits per heavy atom. The molecule has 17 heavy (non-hydrogen) atoms. The highest BCUT2D eigenvalue weighted by Crippen LogP contribution is 2.37. The number of hydrogen-bond acceptors (Lipinski definition) is 2. The van der Waals surface area contributed by atoms with Gasteiger partial charge in [-0.3, -0.25) is 0 Å². The first-order chi connectivity index (χ1) is 8.34. The molecule has 1 atom stereocenters. The molecular formula is C14H18BrNO. The minimum atomic E-state index is 0.673. The van der Waals surface area contributed by atoms with Gasteiger partial charge < -0.3 is 10.1 Å². The largest absolute Gasteiger partial charge is 0.492 e. The molecule has 1 aromatic rings. The average molecular weight is 296 g/mol. The van der Waals surface area contributed by atoms with E-state index in [1.807, 2.05) is 0 Å². The SMILES string of the molecule is Brc1cc(C2CCCNC2)cc2c1OCCC2. The van der Waals surface area contributed by atoms with E-state index in [0.717, 1.165) is 36.2 Å². The van der Waals surface area contributed by atoms with Crippen LogP contribution in [0.1, 0.15) is 36.3 Å². The fourth-order valence-corrected chi connectivity index (χ4v) is 3.46. The van der Waals surface area contributed by atoms with E-state index in [4.69, 9.17) is 4.74 Å². The van der Waals surface area contributed by atoms with Gasteiger partial charge in [-0.15, -0.1) is 0 Å². The molecule has 0 aliphatic carbocycles. The molecule has 1 aromatic carbocycles. The monoisotopic (exact) mass is 295 g/mol. The maximum Gasteiger partial charge on any atom is 0.136 e. The van der Waals surface area contributed by atoms with Crippen molar-refractivity contribution in [2.24, 2.45) is 0 Å². The zero-order chi connectivity index (χ0) is 11.7. The highest BCUT2D eigenvalue weighted by molar-refractivity contribution is 9.10. The van der Waals surface area contributed by atoms with Crippen molar-refractivity contribution in [2.75, 3.05) is 19.7 Å². The highest BCUT2D eigenvalue weighted by atomic mass is 79.9. The molecule has 3 rings (SSSR count). The Morgan fingerprint density at radius 3 is 3.06 bits per heavy atom. The quantitative estimate of drug-likeness (QED) is 0.859. The molecule has 92 valence electrons. The summed E-state index contributed by atoms with van der Waals surface area (Å²) in [6.07, 6.45) is 4.89. The Labute approximate surface area is 111 Å². The molecule has 1 fully saturated rings. The van der Waals surface area contributed by atoms with Crippen LogP contribution in [0.5, 0.6) is 5.75 Å². The van der Waals surface area contributed by atoms with Crippen LogP contribution in [-0.2, 0) is 6.42 Å². The number of nitrogens with one attached hydrogen (secondary N) is 1. The van der Waals surface area contributed by atoms with Crippen LogP contribution in [0.2, 0.25) is 0 Å². The Morgan fingerprint density at radius 2 is 2.24 bits per heavy atom. The van der Waals surface area contributed by atoms with Crippen molar-refractivity contribution in [3.63, 3.8) is 0 Å². The van der Waals surface area contributed by atoms with Crippen LogP contribution in [-0.4, -0.2) is 19.7 Å². The number of fused-ring (bicyclic) bond motifs is 1. The molecule has 1 unspecified atom stereocenters. The van der Waals surface area contributed by atoms with Gasteiger partial charge in [0.1, 0.15) is 5.75 Å². The third kappa shape index (κ3) is 2.36. The Bertz CT molecular complexity index is 413. The number of aryl methyl sites for hydroxylation is 1. The molecule has 0 radical (unpaired) electrons. The number of piperidine rings is 1. The fourth-order valence-electron chi connectivity index (χ4n) is 2.83. The summed E-state index contributed by atoms with van der Waals surface area (Å²) in [7, 11) is 0. The normalized spacial score (nSPS) is 23.9. The molecule has 1 saturated heterocycles. The van der Waals surface area contributed by atoms with Crippen LogP contribution < -0.4 is 10.1 Å². The number of rotatable bonds is 1. The molecule has 0 bridgehead atoms. The Kier molecular flexibility index (Phi) is 3.39. The minimum absolute atomic E-state index is 0.673. The van der Waals surface area contributed by atoms with Crippen LogP contribution in [0.15, 0.2) is 16.6 Å². The summed E-state index contributed by atoms with van der Waals surface area (Å²) in [4.78, 5) is 0. The summed E-state index contributed by atoms with van der Waals surface area (Å²) in [6.45, 7) is 3.15. The van der Waals surface area contributed by atoms with Crippen LogP contribution >= 0.6 is 15.9 Å². The number of hydrogen-bond donors (Lipinski definition) is 1. The van der Waals surface area contributed by atoms with Crippen molar-refractivity contribution >= 4 is 15.9 Å². The van der Waals surface area contributed by atoms with Crippen LogP contribution in [0.3, 0.4) is 0 Å². The summed E-state index contributed by atoms with van der Waals surface area (Å²) in [5, 5.41) is 3.49. The smallest absolute Gasteiger partial charge is 0.136 e. The predicted molar refractivity (Wildman–Crippen MR) is 72.8 cm³/mol. The van der Waals surface area contributed by atoms with Crippen molar-refractivity contribution in [3.8, 4) is 5.75 Å². The van der Waals surface area contributed by atoms with Crippen LogP contribution in [0.25, 0.3) is 0 Å². The van der Waals surface area contributed by atoms with E-state index in [9.17, 15) is 0 Å². The van der Waals surface area contributed by atoms with Gasteiger partial charge in [0.05, 0.1) is 11.1 Å². The van der Waals surface area contributed by atoms with Crippen LogP contribution in [0, 0.1) is 0 Å². The lowest BCUT2D eigenvalue weighted by atomic mass is 9.89. The van der Waals surface area contributed by atoms with Crippen molar-refractivity contribution in [1.29, 1.82) is 0 Å². The predicted octanol–water partition coefficient (Wildman–Crippen LogP) is 3.24. The molecule has 2 aliphatic rings. The van der Waals surface area contributed by atoms with E-state index < -0.39 is 0 Å². The molecule has 1 N–H and O–H groups in total. The summed E-state index contributed by atoms with van der Waals surface area (Å²) in [5.41, 5.74) is 2.85. The molecule has 0 amide bonds. The van der Waals surface area contributed by atoms with Gasteiger partial charge in [0.15, 0.2) is 0 Å². The highest BCUT2D eigenvalue weighted by Gasteiger charge is 2.20. The second kappa shape index (κ2) is 4.99. The van der Waals surface area contributed by atoms with Gasteiger partial charge in [-0.05, 0) is 71.3 Å². The van der Waals surface area contributed by atoms with Crippen molar-refractivity contribution in [3.05, 3.63) is 27.7 Å². The van der Waals surface area contributed by atoms with Gasteiger partial charge in [-0.25, -0.2) is 0 Å². The minimum Gasteiger partial charge on any atom is -0.492 e. The van der Waals surface area contributed by atoms with Crippen molar-refractivity contribution in [2.45, 2.75) is 31.6 Å². The number of halogens is 1. The topological polar surface area (TPSA) is 21.3 Å². The zero-order valence-electron chi connectivity index (χ0n) is 9.97. The fraction of sp³-hybridized carbons (Fsp3) is 0.571. The standard InChI is InChI=1S/C14H18BrNO/c15-13-8-12(11-3-1-5-16-9-11)7-10-4-2-6-17-14(10)13/h7-8,11,16H,1-6,9H2. The van der Waals surface area contributed by atoms with E-state index in [2.05, 4.69) is 33.4 Å². The summed E-state index contributed by atoms with van der Waals surface area (Å²) < 4.78 is 6.87. The van der Waals surface area contributed by atoms with E-state index in [1.165, 1.54) is 30.5 Å². The second-order valence-electron chi connectivity index (χ2n) is 4.99. The van der Waals surface area contributed by atoms with Gasteiger partial charge in [0.25, 0.3) is 0 Å². The Hall–Kier alpha value is -0.540. The molecule has 2 nitrogen and oxygen atoms in total. The molecule has 0 aromatic heterocycles. The molecule has 2 aliphatic heterocycles. The van der Waals surface area contributed by atoms with Crippen LogP contribution in [0.4, 0.5) is 0 Å². The lowest BCUT2D eigenvalue weighted by Crippen LogP contribution is -2.28. The molecule has 0 spiro atoms. The third-order valence-electron chi connectivity index (χ3n) is 3.75. The van der Waals surface area contributed by atoms with Gasteiger partial charge >= 0.3 is 0 Å². The molecular weight excluding hydrogens is 278 g/mol. The first-order valence-electron chi connectivity index (χ1n) is 6.50. The summed E-state index contributed by atoms with van der Waals surface area (Å²) in [5.74, 6) is 1.75. The van der Waals surface area contributed by atoms with Gasteiger partial charge in [0.2, 0.25) is 0 Å².